The van der Waals surface area contributed by atoms with Crippen molar-refractivity contribution in [2.75, 3.05) is 51.7 Å². The van der Waals surface area contributed by atoms with E-state index in [9.17, 15) is 0 Å². The van der Waals surface area contributed by atoms with Gasteiger partial charge in [-0.1, -0.05) is 19.9 Å². The summed E-state index contributed by atoms with van der Waals surface area (Å²) in [6.07, 6.45) is 3.10. The molecular weight excluding hydrogens is 427 g/mol. The van der Waals surface area contributed by atoms with Gasteiger partial charge in [-0.2, -0.15) is 0 Å². The molecule has 25 heavy (non-hydrogen) atoms. The highest BCUT2D eigenvalue weighted by Gasteiger charge is 2.14. The summed E-state index contributed by atoms with van der Waals surface area (Å²) in [5, 5.41) is 6.69. The topological polar surface area (TPSA) is 55.8 Å². The lowest BCUT2D eigenvalue weighted by molar-refractivity contribution is 0.312. The fraction of sp³-hybridized carbons (Fsp3) is 0.667. The van der Waals surface area contributed by atoms with Crippen LogP contribution in [0.4, 0.5) is 5.82 Å². The van der Waals surface area contributed by atoms with Crippen LogP contribution in [0.15, 0.2) is 23.3 Å². The molecule has 0 aliphatic carbocycles. The van der Waals surface area contributed by atoms with E-state index in [0.717, 1.165) is 57.5 Å². The van der Waals surface area contributed by atoms with Gasteiger partial charge in [0.05, 0.1) is 0 Å². The molecule has 0 spiro atoms. The first-order chi connectivity index (χ1) is 11.6. The van der Waals surface area contributed by atoms with Crippen molar-refractivity contribution >= 4 is 35.8 Å². The van der Waals surface area contributed by atoms with E-state index in [4.69, 9.17) is 0 Å². The number of aromatic nitrogens is 1. The number of rotatable bonds is 6. The molecule has 0 bridgehead atoms. The summed E-state index contributed by atoms with van der Waals surface area (Å²) in [5.41, 5.74) is 1.17. The standard InChI is InChI=1S/C18H32N6.HI/c1-15(2)7-8-20-18(19-3)22-14-16-5-6-17(21-13-16)24-11-9-23(4)10-12-24;/h5-6,13,15H,7-12,14H2,1-4H3,(H2,19,20,22);1H. The zero-order valence-electron chi connectivity index (χ0n) is 16.0. The van der Waals surface area contributed by atoms with E-state index in [1.807, 2.05) is 6.20 Å². The lowest BCUT2D eigenvalue weighted by Crippen LogP contribution is -2.44. The second-order valence-electron chi connectivity index (χ2n) is 6.85. The maximum Gasteiger partial charge on any atom is 0.191 e. The first-order valence-corrected chi connectivity index (χ1v) is 8.91. The van der Waals surface area contributed by atoms with Crippen molar-refractivity contribution in [3.8, 4) is 0 Å². The number of hydrogen-bond donors (Lipinski definition) is 2. The molecule has 2 N–H and O–H groups in total. The molecule has 2 rings (SSSR count). The average Bonchev–Trinajstić information content (AvgIpc) is 2.59. The van der Waals surface area contributed by atoms with E-state index < -0.39 is 0 Å². The molecule has 6 nitrogen and oxygen atoms in total. The van der Waals surface area contributed by atoms with Gasteiger partial charge in [0, 0.05) is 52.5 Å². The van der Waals surface area contributed by atoms with Gasteiger partial charge >= 0.3 is 0 Å². The molecule has 2 heterocycles. The van der Waals surface area contributed by atoms with Crippen LogP contribution in [0.2, 0.25) is 0 Å². The first-order valence-electron chi connectivity index (χ1n) is 8.91. The molecule has 1 aliphatic rings. The molecule has 142 valence electrons. The Balaban J connectivity index is 0.00000312. The normalized spacial score (nSPS) is 15.9. The third kappa shape index (κ3) is 7.77. The highest BCUT2D eigenvalue weighted by Crippen LogP contribution is 2.13. The molecule has 1 aromatic heterocycles. The fourth-order valence-corrected chi connectivity index (χ4v) is 2.63. The summed E-state index contributed by atoms with van der Waals surface area (Å²) in [4.78, 5) is 13.6. The van der Waals surface area contributed by atoms with Gasteiger partial charge in [0.2, 0.25) is 0 Å². The van der Waals surface area contributed by atoms with Crippen LogP contribution < -0.4 is 15.5 Å². The number of aliphatic imine (C=N–C) groups is 1. The van der Waals surface area contributed by atoms with Crippen LogP contribution in [0.1, 0.15) is 25.8 Å². The van der Waals surface area contributed by atoms with E-state index >= 15 is 0 Å². The van der Waals surface area contributed by atoms with Crippen LogP contribution in [-0.2, 0) is 6.54 Å². The third-order valence-corrected chi connectivity index (χ3v) is 4.33. The van der Waals surface area contributed by atoms with Crippen molar-refractivity contribution in [3.63, 3.8) is 0 Å². The van der Waals surface area contributed by atoms with Crippen molar-refractivity contribution in [1.29, 1.82) is 0 Å². The van der Waals surface area contributed by atoms with Crippen LogP contribution in [0, 0.1) is 5.92 Å². The second kappa shape index (κ2) is 11.5. The number of guanidine groups is 1. The van der Waals surface area contributed by atoms with Gasteiger partial charge in [-0.05, 0) is 31.0 Å². The minimum Gasteiger partial charge on any atom is -0.356 e. The number of hydrogen-bond acceptors (Lipinski definition) is 4. The van der Waals surface area contributed by atoms with Crippen molar-refractivity contribution in [3.05, 3.63) is 23.9 Å². The minimum absolute atomic E-state index is 0. The van der Waals surface area contributed by atoms with Crippen LogP contribution >= 0.6 is 24.0 Å². The van der Waals surface area contributed by atoms with Gasteiger partial charge in [-0.25, -0.2) is 4.98 Å². The zero-order chi connectivity index (χ0) is 17.4. The van der Waals surface area contributed by atoms with Crippen LogP contribution in [0.3, 0.4) is 0 Å². The average molecular weight is 460 g/mol. The van der Waals surface area contributed by atoms with E-state index in [2.05, 4.69) is 63.4 Å². The number of likely N-dealkylation sites (N-methyl/N-ethyl adjacent to an activating group) is 1. The SMILES string of the molecule is CN=C(NCCC(C)C)NCc1ccc(N2CCN(C)CC2)nc1.I. The van der Waals surface area contributed by atoms with Crippen molar-refractivity contribution in [1.82, 2.24) is 20.5 Å². The fourth-order valence-electron chi connectivity index (χ4n) is 2.63. The van der Waals surface area contributed by atoms with Gasteiger partial charge in [0.1, 0.15) is 5.82 Å². The Hall–Kier alpha value is -1.09. The second-order valence-corrected chi connectivity index (χ2v) is 6.85. The number of halogens is 1. The summed E-state index contributed by atoms with van der Waals surface area (Å²) in [7, 11) is 3.97. The van der Waals surface area contributed by atoms with Crippen LogP contribution in [-0.4, -0.2) is 62.7 Å². The van der Waals surface area contributed by atoms with Crippen molar-refractivity contribution < 1.29 is 0 Å². The minimum atomic E-state index is 0. The molecule has 1 aliphatic heterocycles. The van der Waals surface area contributed by atoms with E-state index in [-0.39, 0.29) is 24.0 Å². The molecular formula is C18H33IN6. The van der Waals surface area contributed by atoms with Crippen molar-refractivity contribution in [2.45, 2.75) is 26.8 Å². The number of anilines is 1. The smallest absolute Gasteiger partial charge is 0.191 e. The number of piperazine rings is 1. The Morgan fingerprint density at radius 3 is 2.48 bits per heavy atom. The Bertz CT molecular complexity index is 509. The van der Waals surface area contributed by atoms with Crippen LogP contribution in [0.5, 0.6) is 0 Å². The first kappa shape index (κ1) is 22.0. The summed E-state index contributed by atoms with van der Waals surface area (Å²) < 4.78 is 0. The lowest BCUT2D eigenvalue weighted by atomic mass is 10.1. The molecule has 1 saturated heterocycles. The molecule has 0 amide bonds. The third-order valence-electron chi connectivity index (χ3n) is 4.33. The van der Waals surface area contributed by atoms with Crippen LogP contribution in [0.25, 0.3) is 0 Å². The van der Waals surface area contributed by atoms with Gasteiger partial charge in [-0.3, -0.25) is 4.99 Å². The largest absolute Gasteiger partial charge is 0.356 e. The number of pyridine rings is 1. The highest BCUT2D eigenvalue weighted by molar-refractivity contribution is 14.0. The maximum absolute atomic E-state index is 4.62. The predicted molar refractivity (Wildman–Crippen MR) is 117 cm³/mol. The van der Waals surface area contributed by atoms with E-state index in [0.29, 0.717) is 5.92 Å². The maximum atomic E-state index is 4.62. The Morgan fingerprint density at radius 1 is 1.20 bits per heavy atom. The van der Waals surface area contributed by atoms with Crippen molar-refractivity contribution in [2.24, 2.45) is 10.9 Å². The lowest BCUT2D eigenvalue weighted by Gasteiger charge is -2.33. The van der Waals surface area contributed by atoms with E-state index in [1.165, 1.54) is 5.56 Å². The molecule has 0 radical (unpaired) electrons. The summed E-state index contributed by atoms with van der Waals surface area (Å²) in [5.74, 6) is 2.62. The molecule has 0 atom stereocenters. The quantitative estimate of drug-likeness (QED) is 0.387. The molecule has 7 heteroatoms. The molecule has 1 fully saturated rings. The summed E-state index contributed by atoms with van der Waals surface area (Å²) in [6.45, 7) is 10.4. The molecule has 0 unspecified atom stereocenters. The predicted octanol–water partition coefficient (Wildman–Crippen LogP) is 2.16. The van der Waals surface area contributed by atoms with E-state index in [1.54, 1.807) is 7.05 Å². The highest BCUT2D eigenvalue weighted by atomic mass is 127. The Morgan fingerprint density at radius 2 is 1.92 bits per heavy atom. The van der Waals surface area contributed by atoms with Gasteiger partial charge in [-0.15, -0.1) is 24.0 Å². The summed E-state index contributed by atoms with van der Waals surface area (Å²) >= 11 is 0. The monoisotopic (exact) mass is 460 g/mol. The molecule has 0 aromatic carbocycles. The Labute approximate surface area is 169 Å². The van der Waals surface area contributed by atoms with Gasteiger partial charge in [0.15, 0.2) is 5.96 Å². The number of nitrogens with zero attached hydrogens (tertiary/aromatic N) is 4. The molecule has 0 saturated carbocycles. The number of nitrogens with one attached hydrogen (secondary N) is 2. The Kier molecular flexibility index (Phi) is 10.1. The van der Waals surface area contributed by atoms with Gasteiger partial charge in [0.25, 0.3) is 0 Å². The molecule has 1 aromatic rings. The van der Waals surface area contributed by atoms with Gasteiger partial charge < -0.3 is 20.4 Å². The zero-order valence-corrected chi connectivity index (χ0v) is 18.3. The summed E-state index contributed by atoms with van der Waals surface area (Å²) in [6, 6.07) is 4.27.